The quantitative estimate of drug-likeness (QED) is 0.754. The van der Waals surface area contributed by atoms with Gasteiger partial charge in [-0.05, 0) is 30.2 Å². The summed E-state index contributed by atoms with van der Waals surface area (Å²) in [4.78, 5) is 4.26. The maximum atomic E-state index is 14.2. The van der Waals surface area contributed by atoms with Crippen LogP contribution in [0.5, 0.6) is 0 Å². The van der Waals surface area contributed by atoms with Crippen LogP contribution in [0.1, 0.15) is 18.1 Å². The minimum absolute atomic E-state index is 0.0123. The van der Waals surface area contributed by atoms with Crippen molar-refractivity contribution in [3.63, 3.8) is 0 Å². The Morgan fingerprint density at radius 2 is 1.76 bits per heavy atom. The molecular weight excluding hydrogens is 320 g/mol. The summed E-state index contributed by atoms with van der Waals surface area (Å²) in [5.74, 6) is -1.43. The van der Waals surface area contributed by atoms with Crippen LogP contribution in [-0.4, -0.2) is 4.98 Å². The number of benzene rings is 2. The second kappa shape index (κ2) is 6.70. The monoisotopic (exact) mass is 335 g/mol. The number of aromatic nitrogens is 1. The first-order valence-electron chi connectivity index (χ1n) is 7.78. The molecule has 0 aliphatic carbocycles. The highest BCUT2D eigenvalue weighted by Gasteiger charge is 2.16. The van der Waals surface area contributed by atoms with Crippen LogP contribution in [0.3, 0.4) is 0 Å². The van der Waals surface area contributed by atoms with Crippen LogP contribution in [0.25, 0.3) is 22.4 Å². The molecule has 2 aromatic carbocycles. The van der Waals surface area contributed by atoms with Crippen molar-refractivity contribution in [2.45, 2.75) is 13.3 Å². The number of halogens is 2. The fourth-order valence-electron chi connectivity index (χ4n) is 2.66. The van der Waals surface area contributed by atoms with Crippen LogP contribution in [0.2, 0.25) is 0 Å². The van der Waals surface area contributed by atoms with Crippen LogP contribution in [0, 0.1) is 23.0 Å². The zero-order chi connectivity index (χ0) is 18.0. The van der Waals surface area contributed by atoms with Gasteiger partial charge in [-0.15, -0.1) is 0 Å². The molecule has 0 bridgehead atoms. The molecule has 3 nitrogen and oxygen atoms in total. The Kier molecular flexibility index (Phi) is 4.44. The lowest BCUT2D eigenvalue weighted by molar-refractivity contribution is 0.585. The maximum Gasteiger partial charge on any atom is 0.142 e. The van der Waals surface area contributed by atoms with Crippen molar-refractivity contribution >= 4 is 5.82 Å². The number of aryl methyl sites for hydroxylation is 1. The largest absolute Gasteiger partial charge is 0.383 e. The first-order chi connectivity index (χ1) is 12.0. The number of hydrogen-bond acceptors (Lipinski definition) is 3. The molecule has 0 radical (unpaired) electrons. The highest BCUT2D eigenvalue weighted by Crippen LogP contribution is 2.33. The number of rotatable bonds is 3. The van der Waals surface area contributed by atoms with Crippen molar-refractivity contribution in [3.8, 4) is 28.5 Å². The van der Waals surface area contributed by atoms with E-state index in [1.807, 2.05) is 30.3 Å². The fourth-order valence-corrected chi connectivity index (χ4v) is 2.66. The van der Waals surface area contributed by atoms with E-state index in [1.54, 1.807) is 6.07 Å². The number of nitrogens with two attached hydrogens (primary N) is 1. The predicted molar refractivity (Wildman–Crippen MR) is 93.5 cm³/mol. The van der Waals surface area contributed by atoms with Crippen LogP contribution >= 0.6 is 0 Å². The van der Waals surface area contributed by atoms with E-state index in [9.17, 15) is 14.0 Å². The van der Waals surface area contributed by atoms with Crippen LogP contribution in [0.15, 0.2) is 48.5 Å². The molecule has 3 rings (SSSR count). The highest BCUT2D eigenvalue weighted by atomic mass is 19.1. The molecule has 0 amide bonds. The van der Waals surface area contributed by atoms with Gasteiger partial charge in [-0.3, -0.25) is 0 Å². The molecule has 0 atom stereocenters. The van der Waals surface area contributed by atoms with Crippen molar-refractivity contribution in [2.24, 2.45) is 0 Å². The smallest absolute Gasteiger partial charge is 0.142 e. The summed E-state index contributed by atoms with van der Waals surface area (Å²) in [5, 5.41) is 9.37. The summed E-state index contributed by atoms with van der Waals surface area (Å²) in [6.45, 7) is 2.06. The molecular formula is C20H15F2N3. The molecule has 1 aromatic heterocycles. The van der Waals surface area contributed by atoms with Crippen LogP contribution in [-0.2, 0) is 6.42 Å². The second-order valence-electron chi connectivity index (χ2n) is 5.60. The summed E-state index contributed by atoms with van der Waals surface area (Å²) < 4.78 is 27.4. The Balaban J connectivity index is 2.20. The van der Waals surface area contributed by atoms with Crippen molar-refractivity contribution < 1.29 is 8.78 Å². The molecule has 124 valence electrons. The Morgan fingerprint density at radius 3 is 2.36 bits per heavy atom. The van der Waals surface area contributed by atoms with Gasteiger partial charge in [0.1, 0.15) is 29.1 Å². The zero-order valence-electron chi connectivity index (χ0n) is 13.6. The SMILES string of the molecule is CCc1ccc(-c2cc(-c3ccc(F)cc3F)c(C#N)c(N)n2)cc1. The number of anilines is 1. The molecule has 0 fully saturated rings. The van der Waals surface area contributed by atoms with E-state index in [0.29, 0.717) is 11.3 Å². The number of nitrogens with zero attached hydrogens (tertiary/aromatic N) is 2. The lowest BCUT2D eigenvalue weighted by Gasteiger charge is -2.11. The molecule has 5 heteroatoms. The minimum Gasteiger partial charge on any atom is -0.383 e. The van der Waals surface area contributed by atoms with E-state index in [2.05, 4.69) is 11.9 Å². The minimum atomic E-state index is -0.755. The van der Waals surface area contributed by atoms with E-state index in [0.717, 1.165) is 24.1 Å². The first kappa shape index (κ1) is 16.6. The molecule has 2 N–H and O–H groups in total. The summed E-state index contributed by atoms with van der Waals surface area (Å²) in [5.41, 5.74) is 8.89. The summed E-state index contributed by atoms with van der Waals surface area (Å²) in [6.07, 6.45) is 0.912. The molecule has 0 aliphatic rings. The Labute approximate surface area is 144 Å². The van der Waals surface area contributed by atoms with Gasteiger partial charge in [0, 0.05) is 22.8 Å². The normalized spacial score (nSPS) is 10.5. The molecule has 0 spiro atoms. The molecule has 1 heterocycles. The molecule has 0 saturated heterocycles. The van der Waals surface area contributed by atoms with Crippen molar-refractivity contribution in [2.75, 3.05) is 5.73 Å². The lowest BCUT2D eigenvalue weighted by Crippen LogP contribution is -2.01. The summed E-state index contributed by atoms with van der Waals surface area (Å²) >= 11 is 0. The third kappa shape index (κ3) is 3.20. The molecule has 0 unspecified atom stereocenters. The van der Waals surface area contributed by atoms with Gasteiger partial charge in [-0.25, -0.2) is 13.8 Å². The van der Waals surface area contributed by atoms with E-state index >= 15 is 0 Å². The third-order valence-corrected chi connectivity index (χ3v) is 4.04. The number of nitrogen functional groups attached to an aromatic ring is 1. The van der Waals surface area contributed by atoms with Gasteiger partial charge in [0.05, 0.1) is 5.69 Å². The van der Waals surface area contributed by atoms with Gasteiger partial charge >= 0.3 is 0 Å². The van der Waals surface area contributed by atoms with Gasteiger partial charge in [-0.1, -0.05) is 31.2 Å². The third-order valence-electron chi connectivity index (χ3n) is 4.04. The van der Waals surface area contributed by atoms with Crippen LogP contribution < -0.4 is 5.73 Å². The van der Waals surface area contributed by atoms with E-state index in [4.69, 9.17) is 5.73 Å². The van der Waals surface area contributed by atoms with Gasteiger partial charge in [0.2, 0.25) is 0 Å². The van der Waals surface area contributed by atoms with Crippen molar-refractivity contribution in [1.29, 1.82) is 5.26 Å². The fraction of sp³-hybridized carbons (Fsp3) is 0.100. The molecule has 0 aliphatic heterocycles. The number of nitriles is 1. The highest BCUT2D eigenvalue weighted by molar-refractivity contribution is 5.80. The molecule has 0 saturated carbocycles. The lowest BCUT2D eigenvalue weighted by atomic mass is 9.97. The first-order valence-corrected chi connectivity index (χ1v) is 7.78. The second-order valence-corrected chi connectivity index (χ2v) is 5.60. The maximum absolute atomic E-state index is 14.2. The summed E-state index contributed by atoms with van der Waals surface area (Å²) in [6, 6.07) is 14.5. The topological polar surface area (TPSA) is 62.7 Å². The average Bonchev–Trinajstić information content (AvgIpc) is 2.61. The van der Waals surface area contributed by atoms with Gasteiger partial charge in [0.15, 0.2) is 0 Å². The van der Waals surface area contributed by atoms with Crippen molar-refractivity contribution in [1.82, 2.24) is 4.98 Å². The van der Waals surface area contributed by atoms with Gasteiger partial charge in [0.25, 0.3) is 0 Å². The predicted octanol–water partition coefficient (Wildman–Crippen LogP) is 4.71. The van der Waals surface area contributed by atoms with E-state index < -0.39 is 11.6 Å². The average molecular weight is 335 g/mol. The van der Waals surface area contributed by atoms with Crippen molar-refractivity contribution in [3.05, 3.63) is 71.3 Å². The molecule has 3 aromatic rings. The number of hydrogen-bond donors (Lipinski definition) is 1. The summed E-state index contributed by atoms with van der Waals surface area (Å²) in [7, 11) is 0. The van der Waals surface area contributed by atoms with Gasteiger partial charge in [-0.2, -0.15) is 5.26 Å². The Morgan fingerprint density at radius 1 is 1.04 bits per heavy atom. The van der Waals surface area contributed by atoms with E-state index in [-0.39, 0.29) is 16.9 Å². The number of pyridine rings is 1. The molecule has 25 heavy (non-hydrogen) atoms. The van der Waals surface area contributed by atoms with Gasteiger partial charge < -0.3 is 5.73 Å². The zero-order valence-corrected chi connectivity index (χ0v) is 13.6. The standard InChI is InChI=1S/C20H15F2N3/c1-2-12-3-5-13(6-4-12)19-10-16(17(11-23)20(24)25-19)15-8-7-14(21)9-18(15)22/h3-10H,2H2,1H3,(H2,24,25). The van der Waals surface area contributed by atoms with E-state index in [1.165, 1.54) is 11.6 Å². The van der Waals surface area contributed by atoms with Crippen LogP contribution in [0.4, 0.5) is 14.6 Å². The Hall–Kier alpha value is -3.26. The Bertz CT molecular complexity index is 973.